The van der Waals surface area contributed by atoms with Crippen LogP contribution in [0.1, 0.15) is 30.0 Å². The second-order valence-corrected chi connectivity index (χ2v) is 8.72. The van der Waals surface area contributed by atoms with Gasteiger partial charge in [0, 0.05) is 10.4 Å². The van der Waals surface area contributed by atoms with E-state index in [1.54, 1.807) is 12.1 Å². The van der Waals surface area contributed by atoms with Crippen LogP contribution in [0.3, 0.4) is 0 Å². The van der Waals surface area contributed by atoms with Crippen molar-refractivity contribution in [2.45, 2.75) is 43.7 Å². The average molecular weight is 435 g/mol. The normalized spacial score (nSPS) is 32.9. The molecule has 4 rings (SSSR count). The third-order valence-corrected chi connectivity index (χ3v) is 6.83. The quantitative estimate of drug-likeness (QED) is 0.555. The van der Waals surface area contributed by atoms with Crippen LogP contribution in [0.25, 0.3) is 0 Å². The first-order valence-corrected chi connectivity index (χ1v) is 10.5. The minimum atomic E-state index is -1.42. The van der Waals surface area contributed by atoms with Gasteiger partial charge in [-0.2, -0.15) is 0 Å². The summed E-state index contributed by atoms with van der Waals surface area (Å²) in [4.78, 5) is 0. The van der Waals surface area contributed by atoms with E-state index in [2.05, 4.69) is 0 Å². The van der Waals surface area contributed by atoms with Crippen molar-refractivity contribution in [3.05, 3.63) is 64.2 Å². The van der Waals surface area contributed by atoms with Gasteiger partial charge in [-0.25, -0.2) is 0 Å². The molecule has 6 nitrogen and oxygen atoms in total. The molecule has 0 aromatic heterocycles. The van der Waals surface area contributed by atoms with Gasteiger partial charge >= 0.3 is 0 Å². The van der Waals surface area contributed by atoms with Crippen molar-refractivity contribution in [1.82, 2.24) is 0 Å². The number of hydrogen-bond donors (Lipinski definition) is 4. The zero-order valence-corrected chi connectivity index (χ0v) is 17.5. The number of ether oxygens (including phenoxy) is 2. The van der Waals surface area contributed by atoms with E-state index >= 15 is 0 Å². The molecule has 2 fully saturated rings. The van der Waals surface area contributed by atoms with E-state index in [-0.39, 0.29) is 19.6 Å². The molecule has 0 amide bonds. The van der Waals surface area contributed by atoms with Gasteiger partial charge in [0.15, 0.2) is 0 Å². The van der Waals surface area contributed by atoms with E-state index in [4.69, 9.17) is 21.1 Å². The standard InChI is InChI=1S/C23H27ClO6/c1-2-29-17-6-3-14(4-7-17)9-15-10-16(5-8-18(15)24)23-11-22(12-25,13-30-23)20(27)19(26)21(23)28/h3-8,10,19-21,25-28H,2,9,11-13H2,1H3/t19-,20-,21+,22+,23+/m0/s1. The van der Waals surface area contributed by atoms with E-state index in [0.717, 1.165) is 16.9 Å². The number of benzene rings is 2. The molecule has 0 spiro atoms. The Labute approximate surface area is 180 Å². The van der Waals surface area contributed by atoms with Gasteiger partial charge in [-0.05, 0) is 54.7 Å². The number of hydrogen-bond acceptors (Lipinski definition) is 6. The summed E-state index contributed by atoms with van der Waals surface area (Å²) in [5, 5.41) is 42.2. The van der Waals surface area contributed by atoms with Gasteiger partial charge < -0.3 is 29.9 Å². The van der Waals surface area contributed by atoms with E-state index in [1.807, 2.05) is 37.3 Å². The molecular weight excluding hydrogens is 408 g/mol. The predicted molar refractivity (Wildman–Crippen MR) is 112 cm³/mol. The number of rotatable bonds is 6. The Morgan fingerprint density at radius 3 is 2.50 bits per heavy atom. The van der Waals surface area contributed by atoms with Crippen LogP contribution in [0.5, 0.6) is 5.75 Å². The van der Waals surface area contributed by atoms with Gasteiger partial charge in [-0.1, -0.05) is 35.9 Å². The first-order chi connectivity index (χ1) is 14.3. The molecular formula is C23H27ClO6. The topological polar surface area (TPSA) is 99.4 Å². The molecule has 1 heterocycles. The maximum Gasteiger partial charge on any atom is 0.122 e. The van der Waals surface area contributed by atoms with Crippen molar-refractivity contribution in [1.29, 1.82) is 0 Å². The molecule has 162 valence electrons. The molecule has 2 bridgehead atoms. The predicted octanol–water partition coefficient (Wildman–Crippen LogP) is 2.02. The van der Waals surface area contributed by atoms with Gasteiger partial charge in [-0.3, -0.25) is 0 Å². The lowest BCUT2D eigenvalue weighted by Gasteiger charge is -2.46. The molecule has 5 atom stereocenters. The summed E-state index contributed by atoms with van der Waals surface area (Å²) in [6.45, 7) is 2.25. The van der Waals surface area contributed by atoms with Crippen LogP contribution in [-0.2, 0) is 16.8 Å². The van der Waals surface area contributed by atoms with Crippen molar-refractivity contribution in [2.75, 3.05) is 19.8 Å². The molecule has 30 heavy (non-hydrogen) atoms. The highest BCUT2D eigenvalue weighted by atomic mass is 35.5. The number of halogens is 1. The van der Waals surface area contributed by atoms with Crippen LogP contribution in [0.2, 0.25) is 5.02 Å². The first-order valence-electron chi connectivity index (χ1n) is 10.1. The molecule has 4 N–H and O–H groups in total. The highest BCUT2D eigenvalue weighted by Crippen LogP contribution is 2.55. The van der Waals surface area contributed by atoms with Gasteiger partial charge in [0.05, 0.1) is 25.9 Å². The Balaban J connectivity index is 1.66. The van der Waals surface area contributed by atoms with Gasteiger partial charge in [0.2, 0.25) is 0 Å². The van der Waals surface area contributed by atoms with Crippen molar-refractivity contribution in [3.63, 3.8) is 0 Å². The maximum absolute atomic E-state index is 10.8. The van der Waals surface area contributed by atoms with Crippen LogP contribution in [-0.4, -0.2) is 58.6 Å². The lowest BCUT2D eigenvalue weighted by molar-refractivity contribution is -0.188. The van der Waals surface area contributed by atoms with E-state index < -0.39 is 29.3 Å². The van der Waals surface area contributed by atoms with Crippen molar-refractivity contribution >= 4 is 11.6 Å². The number of aliphatic hydroxyl groups excluding tert-OH is 4. The minimum absolute atomic E-state index is 0.0512. The molecule has 0 radical (unpaired) electrons. The summed E-state index contributed by atoms with van der Waals surface area (Å²) in [6.07, 6.45) is -3.22. The summed E-state index contributed by atoms with van der Waals surface area (Å²) >= 11 is 6.45. The second-order valence-electron chi connectivity index (χ2n) is 8.32. The Morgan fingerprint density at radius 2 is 1.83 bits per heavy atom. The Bertz CT molecular complexity index is 903. The maximum atomic E-state index is 10.8. The Kier molecular flexibility index (Phi) is 5.83. The smallest absolute Gasteiger partial charge is 0.122 e. The molecule has 0 unspecified atom stereocenters. The number of aliphatic hydroxyl groups is 4. The lowest BCUT2D eigenvalue weighted by Crippen LogP contribution is -2.60. The first kappa shape index (κ1) is 21.6. The van der Waals surface area contributed by atoms with Crippen LogP contribution in [0.4, 0.5) is 0 Å². The molecule has 1 aliphatic heterocycles. The summed E-state index contributed by atoms with van der Waals surface area (Å²) in [7, 11) is 0. The SMILES string of the molecule is CCOc1ccc(Cc2cc([C@@]34C[C@@](CO)(CO3)[C@@H](O)[C@H](O)[C@H]4O)ccc2Cl)cc1. The molecule has 2 aromatic carbocycles. The molecule has 1 aliphatic carbocycles. The fraction of sp³-hybridized carbons (Fsp3) is 0.478. The average Bonchev–Trinajstić information content (AvgIpc) is 3.14. The number of fused-ring (bicyclic) bond motifs is 2. The molecule has 2 aromatic rings. The highest BCUT2D eigenvalue weighted by Gasteiger charge is 2.65. The fourth-order valence-corrected chi connectivity index (χ4v) is 4.89. The third kappa shape index (κ3) is 3.42. The Morgan fingerprint density at radius 1 is 1.10 bits per heavy atom. The van der Waals surface area contributed by atoms with E-state index in [0.29, 0.717) is 23.6 Å². The fourth-order valence-electron chi connectivity index (χ4n) is 4.70. The summed E-state index contributed by atoms with van der Waals surface area (Å²) in [6, 6.07) is 13.2. The van der Waals surface area contributed by atoms with Crippen LogP contribution < -0.4 is 4.74 Å². The van der Waals surface area contributed by atoms with E-state index in [9.17, 15) is 20.4 Å². The lowest BCUT2D eigenvalue weighted by atomic mass is 9.64. The molecule has 7 heteroatoms. The molecule has 1 saturated carbocycles. The summed E-state index contributed by atoms with van der Waals surface area (Å²) in [5.74, 6) is 0.803. The molecule has 2 aliphatic rings. The van der Waals surface area contributed by atoms with Crippen LogP contribution in [0.15, 0.2) is 42.5 Å². The van der Waals surface area contributed by atoms with Crippen molar-refractivity contribution in [2.24, 2.45) is 5.41 Å². The summed E-state index contributed by atoms with van der Waals surface area (Å²) in [5.41, 5.74) is 0.353. The zero-order chi connectivity index (χ0) is 21.5. The van der Waals surface area contributed by atoms with Gasteiger partial charge in [0.1, 0.15) is 23.6 Å². The Hall–Kier alpha value is -1.67. The largest absolute Gasteiger partial charge is 0.494 e. The molecule has 1 saturated heterocycles. The van der Waals surface area contributed by atoms with Crippen molar-refractivity contribution in [3.8, 4) is 5.75 Å². The third-order valence-electron chi connectivity index (χ3n) is 6.46. The second kappa shape index (κ2) is 8.11. The highest BCUT2D eigenvalue weighted by molar-refractivity contribution is 6.31. The van der Waals surface area contributed by atoms with Crippen LogP contribution in [0, 0.1) is 5.41 Å². The van der Waals surface area contributed by atoms with E-state index in [1.165, 1.54) is 0 Å². The zero-order valence-electron chi connectivity index (χ0n) is 16.8. The van der Waals surface area contributed by atoms with Crippen molar-refractivity contribution < 1.29 is 29.9 Å². The van der Waals surface area contributed by atoms with Crippen LogP contribution >= 0.6 is 11.6 Å². The summed E-state index contributed by atoms with van der Waals surface area (Å²) < 4.78 is 11.5. The van der Waals surface area contributed by atoms with Gasteiger partial charge in [-0.15, -0.1) is 0 Å². The minimum Gasteiger partial charge on any atom is -0.494 e. The van der Waals surface area contributed by atoms with Gasteiger partial charge in [0.25, 0.3) is 0 Å². The monoisotopic (exact) mass is 434 g/mol.